The fourth-order valence-electron chi connectivity index (χ4n) is 0.982. The minimum absolute atomic E-state index is 0.511. The first kappa shape index (κ1) is 11.3. The van der Waals surface area contributed by atoms with Crippen LogP contribution in [0.4, 0.5) is 17.6 Å². The monoisotopic (exact) mass is 228 g/mol. The zero-order valence-electron chi connectivity index (χ0n) is 6.75. The summed E-state index contributed by atoms with van der Waals surface area (Å²) >= 11 is 4.97. The summed E-state index contributed by atoms with van der Waals surface area (Å²) in [7, 11) is 0. The third-order valence-electron chi connectivity index (χ3n) is 1.66. The average molecular weight is 229 g/mol. The second-order valence-electron chi connectivity index (χ2n) is 2.52. The van der Waals surface area contributed by atoms with Gasteiger partial charge in [-0.05, 0) is 0 Å². The van der Waals surface area contributed by atoms with Crippen LogP contribution in [0.15, 0.2) is 0 Å². The topological polar surface area (TPSA) is 20.2 Å². The molecule has 0 spiro atoms. The third-order valence-corrected chi connectivity index (χ3v) is 1.99. The van der Waals surface area contributed by atoms with Gasteiger partial charge in [0.05, 0.1) is 0 Å². The van der Waals surface area contributed by atoms with Crippen molar-refractivity contribution in [1.82, 2.24) is 0 Å². The van der Waals surface area contributed by atoms with E-state index in [9.17, 15) is 17.6 Å². The van der Waals surface area contributed by atoms with Crippen LogP contribution in [0.25, 0.3) is 0 Å². The maximum atomic E-state index is 12.9. The Morgan fingerprint density at radius 3 is 1.71 bits per heavy atom. The molecule has 0 aliphatic carbocycles. The van der Waals surface area contributed by atoms with Gasteiger partial charge in [-0.2, -0.15) is 0 Å². The van der Waals surface area contributed by atoms with E-state index in [1.807, 2.05) is 0 Å². The molecule has 1 rings (SSSR count). The van der Waals surface area contributed by atoms with Gasteiger partial charge in [-0.3, -0.25) is 0 Å². The van der Waals surface area contributed by atoms with Gasteiger partial charge in [-0.25, -0.2) is 17.6 Å². The number of rotatable bonds is 2. The fraction of sp³-hybridized carbons (Fsp3) is 0.250. The normalized spacial score (nSPS) is 10.7. The molecule has 1 aromatic carbocycles. The van der Waals surface area contributed by atoms with Crippen molar-refractivity contribution in [3.63, 3.8) is 0 Å². The minimum atomic E-state index is -1.64. The van der Waals surface area contributed by atoms with E-state index in [4.69, 9.17) is 16.7 Å². The quantitative estimate of drug-likeness (QED) is 0.468. The molecule has 14 heavy (non-hydrogen) atoms. The lowest BCUT2D eigenvalue weighted by molar-refractivity contribution is 0.293. The summed E-state index contributed by atoms with van der Waals surface area (Å²) in [5, 5.41) is 7.19. The molecule has 78 valence electrons. The lowest BCUT2D eigenvalue weighted by Gasteiger charge is -2.06. The molecule has 0 saturated carbocycles. The third kappa shape index (κ3) is 1.69. The first-order valence-corrected chi connectivity index (χ1v) is 3.99. The van der Waals surface area contributed by atoms with Gasteiger partial charge in [-0.1, -0.05) is 11.6 Å². The summed E-state index contributed by atoms with van der Waals surface area (Å²) in [5.74, 6) is -6.42. The first-order valence-electron chi connectivity index (χ1n) is 3.61. The maximum absolute atomic E-state index is 12.9. The zero-order valence-corrected chi connectivity index (χ0v) is 7.51. The highest BCUT2D eigenvalue weighted by atomic mass is 35.5. The SMILES string of the molecule is OCCc1c(F)c(F)c(Cl)c(F)c1F. The van der Waals surface area contributed by atoms with Gasteiger partial charge in [0.15, 0.2) is 23.3 Å². The van der Waals surface area contributed by atoms with Crippen LogP contribution >= 0.6 is 11.6 Å². The van der Waals surface area contributed by atoms with E-state index in [0.29, 0.717) is 0 Å². The Kier molecular flexibility index (Phi) is 3.34. The second kappa shape index (κ2) is 4.14. The molecule has 0 amide bonds. The van der Waals surface area contributed by atoms with Crippen molar-refractivity contribution >= 4 is 11.6 Å². The van der Waals surface area contributed by atoms with Crippen LogP contribution < -0.4 is 0 Å². The van der Waals surface area contributed by atoms with Crippen molar-refractivity contribution in [2.75, 3.05) is 6.61 Å². The molecule has 0 unspecified atom stereocenters. The van der Waals surface area contributed by atoms with Gasteiger partial charge in [0, 0.05) is 18.6 Å². The van der Waals surface area contributed by atoms with Crippen molar-refractivity contribution in [2.24, 2.45) is 0 Å². The Labute approximate surface area is 81.9 Å². The van der Waals surface area contributed by atoms with E-state index in [0.717, 1.165) is 0 Å². The predicted molar refractivity (Wildman–Crippen MR) is 42.1 cm³/mol. The van der Waals surface area contributed by atoms with Crippen LogP contribution in [0.2, 0.25) is 5.02 Å². The number of aliphatic hydroxyl groups is 1. The number of halogens is 5. The van der Waals surface area contributed by atoms with Crippen LogP contribution in [0.5, 0.6) is 0 Å². The van der Waals surface area contributed by atoms with Crippen LogP contribution in [-0.2, 0) is 6.42 Å². The lowest BCUT2D eigenvalue weighted by Crippen LogP contribution is -2.06. The molecule has 0 aliphatic heterocycles. The standard InChI is InChI=1S/C8H5ClF4O/c9-4-7(12)5(10)3(1-2-14)6(11)8(4)13/h14H,1-2H2. The molecule has 0 saturated heterocycles. The molecule has 1 nitrogen and oxygen atoms in total. The van der Waals surface area contributed by atoms with Crippen LogP contribution in [-0.4, -0.2) is 11.7 Å². The Morgan fingerprint density at radius 1 is 0.929 bits per heavy atom. The summed E-state index contributed by atoms with van der Waals surface area (Å²) in [4.78, 5) is 0. The van der Waals surface area contributed by atoms with Crippen molar-refractivity contribution in [3.8, 4) is 0 Å². The largest absolute Gasteiger partial charge is 0.396 e. The van der Waals surface area contributed by atoms with E-state index in [1.54, 1.807) is 0 Å². The molecule has 0 atom stereocenters. The van der Waals surface area contributed by atoms with E-state index in [1.165, 1.54) is 0 Å². The van der Waals surface area contributed by atoms with E-state index in [-0.39, 0.29) is 0 Å². The Bertz CT molecular complexity index is 338. The van der Waals surface area contributed by atoms with Gasteiger partial charge < -0.3 is 5.11 Å². The number of hydrogen-bond donors (Lipinski definition) is 1. The Balaban J connectivity index is 3.43. The molecular formula is C8H5ClF4O. The average Bonchev–Trinajstić information content (AvgIpc) is 2.19. The molecular weight excluding hydrogens is 224 g/mol. The molecule has 0 aromatic heterocycles. The summed E-state index contributed by atoms with van der Waals surface area (Å²) in [5.41, 5.74) is -0.841. The number of hydrogen-bond acceptors (Lipinski definition) is 1. The molecule has 0 bridgehead atoms. The molecule has 0 radical (unpaired) electrons. The van der Waals surface area contributed by atoms with Gasteiger partial charge in [0.1, 0.15) is 5.02 Å². The highest BCUT2D eigenvalue weighted by molar-refractivity contribution is 6.30. The summed E-state index contributed by atoms with van der Waals surface area (Å²) in [6, 6.07) is 0. The van der Waals surface area contributed by atoms with Crippen molar-refractivity contribution in [3.05, 3.63) is 33.9 Å². The Hall–Kier alpha value is -0.810. The first-order chi connectivity index (χ1) is 6.50. The van der Waals surface area contributed by atoms with Gasteiger partial charge in [-0.15, -0.1) is 0 Å². The zero-order chi connectivity index (χ0) is 10.9. The van der Waals surface area contributed by atoms with Crippen molar-refractivity contribution in [1.29, 1.82) is 0 Å². The summed E-state index contributed by atoms with van der Waals surface area (Å²) < 4.78 is 51.3. The van der Waals surface area contributed by atoms with Gasteiger partial charge in [0.2, 0.25) is 0 Å². The summed E-state index contributed by atoms with van der Waals surface area (Å²) in [6.45, 7) is -0.617. The van der Waals surface area contributed by atoms with E-state index >= 15 is 0 Å². The van der Waals surface area contributed by atoms with E-state index < -0.39 is 46.9 Å². The highest BCUT2D eigenvalue weighted by Crippen LogP contribution is 2.27. The maximum Gasteiger partial charge on any atom is 0.180 e. The van der Waals surface area contributed by atoms with Crippen molar-refractivity contribution in [2.45, 2.75) is 6.42 Å². The second-order valence-corrected chi connectivity index (χ2v) is 2.90. The lowest BCUT2D eigenvalue weighted by atomic mass is 10.1. The van der Waals surface area contributed by atoms with E-state index in [2.05, 4.69) is 0 Å². The minimum Gasteiger partial charge on any atom is -0.396 e. The molecule has 6 heteroatoms. The van der Waals surface area contributed by atoms with Crippen molar-refractivity contribution < 1.29 is 22.7 Å². The summed E-state index contributed by atoms with van der Waals surface area (Å²) in [6.07, 6.45) is -0.511. The highest BCUT2D eigenvalue weighted by Gasteiger charge is 2.23. The molecule has 1 aromatic rings. The molecule has 0 aliphatic rings. The Morgan fingerprint density at radius 2 is 1.36 bits per heavy atom. The molecule has 1 N–H and O–H groups in total. The van der Waals surface area contributed by atoms with Crippen LogP contribution in [0.1, 0.15) is 5.56 Å². The molecule has 0 heterocycles. The predicted octanol–water partition coefficient (Wildman–Crippen LogP) is 2.43. The number of aliphatic hydroxyl groups excluding tert-OH is 1. The van der Waals surface area contributed by atoms with Gasteiger partial charge >= 0.3 is 0 Å². The smallest absolute Gasteiger partial charge is 0.180 e. The van der Waals surface area contributed by atoms with Gasteiger partial charge in [0.25, 0.3) is 0 Å². The van der Waals surface area contributed by atoms with Crippen LogP contribution in [0, 0.1) is 23.3 Å². The van der Waals surface area contributed by atoms with Crippen LogP contribution in [0.3, 0.4) is 0 Å². The fourth-order valence-corrected chi connectivity index (χ4v) is 1.15. The molecule has 0 fully saturated rings. The number of benzene rings is 1.